The van der Waals surface area contributed by atoms with Crippen molar-refractivity contribution in [3.05, 3.63) is 0 Å². The van der Waals surface area contributed by atoms with E-state index in [4.69, 9.17) is 0 Å². The molecule has 1 fully saturated rings. The molecule has 0 aromatic carbocycles. The van der Waals surface area contributed by atoms with E-state index in [1.54, 1.807) is 0 Å². The quantitative estimate of drug-likeness (QED) is 0.776. The maximum Gasteiger partial charge on any atom is 0.109 e. The summed E-state index contributed by atoms with van der Waals surface area (Å²) in [6, 6.07) is 3.17. The maximum atomic E-state index is 9.69. The van der Waals surface area contributed by atoms with Gasteiger partial charge in [-0.25, -0.2) is 0 Å². The Morgan fingerprint density at radius 3 is 2.62 bits per heavy atom. The van der Waals surface area contributed by atoms with Gasteiger partial charge in [-0.05, 0) is 64.1 Å². The Hall–Kier alpha value is -0.590. The largest absolute Gasteiger partial charge is 0.303 e. The van der Waals surface area contributed by atoms with Crippen LogP contribution in [0.5, 0.6) is 0 Å². The average molecular weight is 293 g/mol. The van der Waals surface area contributed by atoms with E-state index in [0.717, 1.165) is 32.4 Å². The summed E-state index contributed by atoms with van der Waals surface area (Å²) in [4.78, 5) is 2.46. The fourth-order valence-corrected chi connectivity index (χ4v) is 3.45. The maximum absolute atomic E-state index is 9.69. The first kappa shape index (κ1) is 18.5. The van der Waals surface area contributed by atoms with E-state index < -0.39 is 0 Å². The molecule has 0 aromatic heterocycles. The summed E-state index contributed by atoms with van der Waals surface area (Å²) in [5, 5.41) is 13.2. The fraction of sp³-hybridized carbons (Fsp3) is 0.944. The topological polar surface area (TPSA) is 39.1 Å². The predicted octanol–water partition coefficient (Wildman–Crippen LogP) is 3.80. The van der Waals surface area contributed by atoms with Crippen LogP contribution in [0.4, 0.5) is 0 Å². The number of nitrogens with one attached hydrogen (secondary N) is 1. The fourth-order valence-electron chi connectivity index (χ4n) is 3.45. The zero-order valence-corrected chi connectivity index (χ0v) is 15.0. The van der Waals surface area contributed by atoms with E-state index in [0.29, 0.717) is 17.4 Å². The van der Waals surface area contributed by atoms with E-state index in [-0.39, 0.29) is 5.54 Å². The van der Waals surface area contributed by atoms with Crippen molar-refractivity contribution in [3.8, 4) is 6.07 Å². The van der Waals surface area contributed by atoms with E-state index in [9.17, 15) is 5.26 Å². The van der Waals surface area contributed by atoms with Crippen molar-refractivity contribution in [2.24, 2.45) is 11.3 Å². The minimum atomic E-state index is -0.262. The molecule has 0 heterocycles. The Labute approximate surface area is 132 Å². The van der Waals surface area contributed by atoms with E-state index in [1.165, 1.54) is 12.8 Å². The van der Waals surface area contributed by atoms with Crippen LogP contribution in [0.1, 0.15) is 66.7 Å². The third kappa shape index (κ3) is 4.69. The monoisotopic (exact) mass is 293 g/mol. The van der Waals surface area contributed by atoms with Gasteiger partial charge < -0.3 is 4.90 Å². The normalized spacial score (nSPS) is 27.8. The van der Waals surface area contributed by atoms with Crippen molar-refractivity contribution in [1.29, 1.82) is 5.26 Å². The Balaban J connectivity index is 2.59. The standard InChI is InChI=1S/C18H35N3/c1-7-12-20-18(14-19)11-8-9-16(18)10-13-21(6)15(2)17(3,4)5/h15-16,20H,7-13H2,1-6H3. The van der Waals surface area contributed by atoms with Crippen molar-refractivity contribution >= 4 is 0 Å². The zero-order chi connectivity index (χ0) is 16.1. The SMILES string of the molecule is CCCNC1(C#N)CCCC1CCN(C)C(C)C(C)(C)C. The van der Waals surface area contributed by atoms with Gasteiger partial charge in [0.2, 0.25) is 0 Å². The highest BCUT2D eigenvalue weighted by molar-refractivity contribution is 5.14. The molecule has 1 rings (SSSR count). The summed E-state index contributed by atoms with van der Waals surface area (Å²) in [6.07, 6.45) is 5.63. The Kier molecular flexibility index (Phi) is 6.69. The summed E-state index contributed by atoms with van der Waals surface area (Å²) < 4.78 is 0. The second-order valence-electron chi connectivity index (χ2n) is 7.91. The summed E-state index contributed by atoms with van der Waals surface area (Å²) in [5.74, 6) is 0.503. The van der Waals surface area contributed by atoms with Gasteiger partial charge in [-0.3, -0.25) is 5.32 Å². The zero-order valence-electron chi connectivity index (χ0n) is 15.0. The summed E-state index contributed by atoms with van der Waals surface area (Å²) >= 11 is 0. The van der Waals surface area contributed by atoms with Gasteiger partial charge in [0.1, 0.15) is 5.54 Å². The first-order valence-electron chi connectivity index (χ1n) is 8.63. The Bertz CT molecular complexity index is 352. The number of nitriles is 1. The molecule has 21 heavy (non-hydrogen) atoms. The molecular weight excluding hydrogens is 258 g/mol. The molecule has 0 bridgehead atoms. The number of nitrogens with zero attached hydrogens (tertiary/aromatic N) is 2. The molecule has 1 saturated carbocycles. The average Bonchev–Trinajstić information content (AvgIpc) is 2.84. The van der Waals surface area contributed by atoms with E-state index in [2.05, 4.69) is 58.0 Å². The third-order valence-electron chi connectivity index (χ3n) is 5.46. The number of hydrogen-bond acceptors (Lipinski definition) is 3. The minimum absolute atomic E-state index is 0.262. The van der Waals surface area contributed by atoms with Crippen LogP contribution in [-0.4, -0.2) is 36.6 Å². The molecule has 1 N–H and O–H groups in total. The van der Waals surface area contributed by atoms with Crippen LogP contribution in [0.15, 0.2) is 0 Å². The summed E-state index contributed by atoms with van der Waals surface area (Å²) in [5.41, 5.74) is 0.0407. The van der Waals surface area contributed by atoms with Crippen molar-refractivity contribution in [2.75, 3.05) is 20.1 Å². The molecule has 0 saturated heterocycles. The van der Waals surface area contributed by atoms with Crippen LogP contribution >= 0.6 is 0 Å². The van der Waals surface area contributed by atoms with Gasteiger partial charge in [0.25, 0.3) is 0 Å². The van der Waals surface area contributed by atoms with E-state index >= 15 is 0 Å². The van der Waals surface area contributed by atoms with Crippen LogP contribution < -0.4 is 5.32 Å². The van der Waals surface area contributed by atoms with Gasteiger partial charge in [-0.1, -0.05) is 34.1 Å². The second-order valence-corrected chi connectivity index (χ2v) is 7.91. The lowest BCUT2D eigenvalue weighted by Crippen LogP contribution is -2.48. The van der Waals surface area contributed by atoms with Crippen LogP contribution in [0.2, 0.25) is 0 Å². The highest BCUT2D eigenvalue weighted by Gasteiger charge is 2.42. The van der Waals surface area contributed by atoms with Crippen molar-refractivity contribution < 1.29 is 0 Å². The highest BCUT2D eigenvalue weighted by Crippen LogP contribution is 2.38. The van der Waals surface area contributed by atoms with Crippen LogP contribution in [0, 0.1) is 22.7 Å². The highest BCUT2D eigenvalue weighted by atomic mass is 15.1. The first-order valence-corrected chi connectivity index (χ1v) is 8.63. The van der Waals surface area contributed by atoms with Gasteiger partial charge in [0.15, 0.2) is 0 Å². The molecular formula is C18H35N3. The lowest BCUT2D eigenvalue weighted by molar-refractivity contribution is 0.128. The van der Waals surface area contributed by atoms with Gasteiger partial charge >= 0.3 is 0 Å². The van der Waals surface area contributed by atoms with Gasteiger partial charge in [-0.2, -0.15) is 5.26 Å². The molecule has 3 heteroatoms. The van der Waals surface area contributed by atoms with Crippen molar-refractivity contribution in [1.82, 2.24) is 10.2 Å². The lowest BCUT2D eigenvalue weighted by atomic mass is 9.84. The molecule has 3 unspecified atom stereocenters. The molecule has 0 amide bonds. The number of hydrogen-bond donors (Lipinski definition) is 1. The minimum Gasteiger partial charge on any atom is -0.303 e. The molecule has 3 nitrogen and oxygen atoms in total. The first-order chi connectivity index (χ1) is 9.77. The molecule has 0 spiro atoms. The molecule has 0 radical (unpaired) electrons. The molecule has 1 aliphatic carbocycles. The van der Waals surface area contributed by atoms with Crippen molar-refractivity contribution in [2.45, 2.75) is 78.3 Å². The lowest BCUT2D eigenvalue weighted by Gasteiger charge is -2.37. The molecule has 1 aliphatic rings. The number of rotatable bonds is 7. The van der Waals surface area contributed by atoms with Crippen LogP contribution in [0.3, 0.4) is 0 Å². The Morgan fingerprint density at radius 1 is 1.43 bits per heavy atom. The smallest absolute Gasteiger partial charge is 0.109 e. The Morgan fingerprint density at radius 2 is 2.10 bits per heavy atom. The molecule has 0 aromatic rings. The molecule has 122 valence electrons. The molecule has 3 atom stereocenters. The van der Waals surface area contributed by atoms with E-state index in [1.807, 2.05) is 0 Å². The van der Waals surface area contributed by atoms with Gasteiger partial charge in [-0.15, -0.1) is 0 Å². The summed E-state index contributed by atoms with van der Waals surface area (Å²) in [6.45, 7) is 13.4. The van der Waals surface area contributed by atoms with Crippen LogP contribution in [-0.2, 0) is 0 Å². The second kappa shape index (κ2) is 7.61. The van der Waals surface area contributed by atoms with Crippen molar-refractivity contribution in [3.63, 3.8) is 0 Å². The molecule has 0 aliphatic heterocycles. The third-order valence-corrected chi connectivity index (χ3v) is 5.46. The van der Waals surface area contributed by atoms with Crippen LogP contribution in [0.25, 0.3) is 0 Å². The van der Waals surface area contributed by atoms with Gasteiger partial charge in [0.05, 0.1) is 6.07 Å². The predicted molar refractivity (Wildman–Crippen MR) is 90.1 cm³/mol. The van der Waals surface area contributed by atoms with Gasteiger partial charge in [0, 0.05) is 6.04 Å². The summed E-state index contributed by atoms with van der Waals surface area (Å²) in [7, 11) is 2.22.